The Bertz CT molecular complexity index is 995. The van der Waals surface area contributed by atoms with E-state index in [2.05, 4.69) is 6.07 Å². The molecule has 0 spiro atoms. The molecule has 0 heterocycles. The molecule has 0 radical (unpaired) electrons. The first-order valence-corrected chi connectivity index (χ1v) is 9.84. The van der Waals surface area contributed by atoms with Crippen molar-refractivity contribution in [3.63, 3.8) is 0 Å². The summed E-state index contributed by atoms with van der Waals surface area (Å²) in [5.41, 5.74) is 2.63. The molecule has 0 aliphatic rings. The van der Waals surface area contributed by atoms with Gasteiger partial charge in [-0.25, -0.2) is 0 Å². The first-order valence-electron chi connectivity index (χ1n) is 9.84. The van der Waals surface area contributed by atoms with E-state index < -0.39 is 0 Å². The third-order valence-corrected chi connectivity index (χ3v) is 4.60. The minimum Gasteiger partial charge on any atom is -0.489 e. The molecule has 0 bridgehead atoms. The van der Waals surface area contributed by atoms with Crippen LogP contribution in [0.25, 0.3) is 0 Å². The summed E-state index contributed by atoms with van der Waals surface area (Å²) >= 11 is 0. The van der Waals surface area contributed by atoms with Crippen molar-refractivity contribution in [2.75, 3.05) is 13.2 Å². The van der Waals surface area contributed by atoms with Gasteiger partial charge in [0.25, 0.3) is 5.91 Å². The van der Waals surface area contributed by atoms with Crippen molar-refractivity contribution in [3.8, 4) is 17.6 Å². The summed E-state index contributed by atoms with van der Waals surface area (Å²) in [5.74, 6) is 1.19. The number of carbonyl (C=O) groups is 1. The molecule has 30 heavy (non-hydrogen) atoms. The van der Waals surface area contributed by atoms with Gasteiger partial charge in [-0.3, -0.25) is 4.79 Å². The summed E-state index contributed by atoms with van der Waals surface area (Å²) < 4.78 is 11.4. The molecule has 3 rings (SSSR count). The van der Waals surface area contributed by atoms with E-state index in [9.17, 15) is 4.79 Å². The highest BCUT2D eigenvalue weighted by atomic mass is 16.5. The van der Waals surface area contributed by atoms with Gasteiger partial charge in [-0.05, 0) is 48.4 Å². The van der Waals surface area contributed by atoms with Gasteiger partial charge in [0, 0.05) is 13.1 Å². The largest absolute Gasteiger partial charge is 0.489 e. The highest BCUT2D eigenvalue weighted by Crippen LogP contribution is 2.16. The zero-order valence-electron chi connectivity index (χ0n) is 17.0. The molecule has 0 atom stereocenters. The van der Waals surface area contributed by atoms with Gasteiger partial charge >= 0.3 is 0 Å². The second kappa shape index (κ2) is 10.7. The van der Waals surface area contributed by atoms with Gasteiger partial charge < -0.3 is 14.4 Å². The van der Waals surface area contributed by atoms with Crippen molar-refractivity contribution < 1.29 is 14.3 Å². The number of rotatable bonds is 9. The van der Waals surface area contributed by atoms with Crippen LogP contribution in [0.5, 0.6) is 11.5 Å². The summed E-state index contributed by atoms with van der Waals surface area (Å²) in [5, 5.41) is 8.95. The smallest absolute Gasteiger partial charge is 0.260 e. The molecule has 0 fully saturated rings. The quantitative estimate of drug-likeness (QED) is 0.528. The van der Waals surface area contributed by atoms with Crippen molar-refractivity contribution in [1.82, 2.24) is 4.90 Å². The molecule has 3 aromatic carbocycles. The minimum atomic E-state index is -0.107. The first-order chi connectivity index (χ1) is 14.7. The zero-order chi connectivity index (χ0) is 21.2. The van der Waals surface area contributed by atoms with Crippen LogP contribution in [0, 0.1) is 11.3 Å². The summed E-state index contributed by atoms with van der Waals surface area (Å²) in [6.07, 6.45) is 0. The van der Waals surface area contributed by atoms with Crippen LogP contribution in [0.4, 0.5) is 0 Å². The van der Waals surface area contributed by atoms with E-state index in [1.54, 1.807) is 29.2 Å². The van der Waals surface area contributed by atoms with Gasteiger partial charge in [0.2, 0.25) is 0 Å². The number of hydrogen-bond donors (Lipinski definition) is 0. The van der Waals surface area contributed by atoms with Crippen LogP contribution in [0.2, 0.25) is 0 Å². The molecule has 0 aromatic heterocycles. The van der Waals surface area contributed by atoms with Crippen LogP contribution in [-0.4, -0.2) is 24.0 Å². The van der Waals surface area contributed by atoms with E-state index in [0.717, 1.165) is 16.9 Å². The van der Waals surface area contributed by atoms with Crippen LogP contribution in [0.1, 0.15) is 23.6 Å². The average molecular weight is 400 g/mol. The lowest BCUT2D eigenvalue weighted by Crippen LogP contribution is -2.34. The predicted molar refractivity (Wildman–Crippen MR) is 115 cm³/mol. The van der Waals surface area contributed by atoms with Crippen molar-refractivity contribution in [2.24, 2.45) is 0 Å². The topological polar surface area (TPSA) is 62.6 Å². The molecule has 1 amide bonds. The third kappa shape index (κ3) is 6.11. The van der Waals surface area contributed by atoms with E-state index in [4.69, 9.17) is 14.7 Å². The summed E-state index contributed by atoms with van der Waals surface area (Å²) in [7, 11) is 0. The van der Waals surface area contributed by atoms with Crippen LogP contribution in [0.15, 0.2) is 78.9 Å². The molecule has 0 saturated heterocycles. The Hall–Kier alpha value is -3.78. The Morgan fingerprint density at radius 1 is 0.900 bits per heavy atom. The van der Waals surface area contributed by atoms with Crippen LogP contribution in [0.3, 0.4) is 0 Å². The second-order valence-corrected chi connectivity index (χ2v) is 6.75. The Morgan fingerprint density at radius 3 is 2.37 bits per heavy atom. The molecule has 152 valence electrons. The molecular weight excluding hydrogens is 376 g/mol. The van der Waals surface area contributed by atoms with E-state index in [0.29, 0.717) is 31.0 Å². The molecule has 0 aliphatic heterocycles. The van der Waals surface area contributed by atoms with Gasteiger partial charge in [-0.15, -0.1) is 0 Å². The maximum atomic E-state index is 12.5. The number of amides is 1. The number of carbonyl (C=O) groups excluding carboxylic acids is 1. The Morgan fingerprint density at radius 2 is 1.67 bits per heavy atom. The maximum absolute atomic E-state index is 12.5. The van der Waals surface area contributed by atoms with E-state index in [-0.39, 0.29) is 12.5 Å². The lowest BCUT2D eigenvalue weighted by molar-refractivity contribution is -0.133. The fourth-order valence-corrected chi connectivity index (χ4v) is 2.92. The fourth-order valence-electron chi connectivity index (χ4n) is 2.92. The highest BCUT2D eigenvalue weighted by Gasteiger charge is 2.13. The van der Waals surface area contributed by atoms with Crippen LogP contribution < -0.4 is 9.47 Å². The molecular formula is C25H24N2O3. The summed E-state index contributed by atoms with van der Waals surface area (Å²) in [6.45, 7) is 3.46. The van der Waals surface area contributed by atoms with Crippen molar-refractivity contribution in [1.29, 1.82) is 5.26 Å². The van der Waals surface area contributed by atoms with Gasteiger partial charge in [0.15, 0.2) is 6.61 Å². The number of hydrogen-bond acceptors (Lipinski definition) is 4. The fraction of sp³-hybridized carbons (Fsp3) is 0.200. The van der Waals surface area contributed by atoms with Crippen molar-refractivity contribution in [3.05, 3.63) is 95.6 Å². The second-order valence-electron chi connectivity index (χ2n) is 6.75. The average Bonchev–Trinajstić information content (AvgIpc) is 2.81. The van der Waals surface area contributed by atoms with E-state index >= 15 is 0 Å². The summed E-state index contributed by atoms with van der Waals surface area (Å²) in [4.78, 5) is 14.3. The maximum Gasteiger partial charge on any atom is 0.260 e. The molecule has 0 N–H and O–H groups in total. The first kappa shape index (κ1) is 20.9. The number of benzene rings is 3. The lowest BCUT2D eigenvalue weighted by atomic mass is 10.2. The third-order valence-electron chi connectivity index (χ3n) is 4.60. The molecule has 5 heteroatoms. The summed E-state index contributed by atoms with van der Waals surface area (Å²) in [6, 6.07) is 26.6. The van der Waals surface area contributed by atoms with E-state index in [1.165, 1.54) is 0 Å². The number of ether oxygens (including phenoxy) is 2. The number of nitriles is 1. The predicted octanol–water partition coefficient (Wildman–Crippen LogP) is 4.56. The van der Waals surface area contributed by atoms with Crippen LogP contribution >= 0.6 is 0 Å². The molecule has 5 nitrogen and oxygen atoms in total. The van der Waals surface area contributed by atoms with Gasteiger partial charge in [0.05, 0.1) is 11.6 Å². The van der Waals surface area contributed by atoms with Gasteiger partial charge in [-0.2, -0.15) is 5.26 Å². The lowest BCUT2D eigenvalue weighted by Gasteiger charge is -2.21. The Kier molecular flexibility index (Phi) is 7.45. The standard InChI is InChI=1S/C25H24N2O3/c1-2-27(25(28)19-30-24-10-6-9-22(15-24)16-26)17-20-11-13-23(14-12-20)29-18-21-7-4-3-5-8-21/h3-15H,2,17-19H2,1H3. The highest BCUT2D eigenvalue weighted by molar-refractivity contribution is 5.77. The normalized spacial score (nSPS) is 10.1. The Labute approximate surface area is 177 Å². The Balaban J connectivity index is 1.51. The molecule has 0 saturated carbocycles. The van der Waals surface area contributed by atoms with E-state index in [1.807, 2.05) is 61.5 Å². The minimum absolute atomic E-state index is 0.0685. The van der Waals surface area contributed by atoms with Crippen molar-refractivity contribution in [2.45, 2.75) is 20.1 Å². The van der Waals surface area contributed by atoms with Crippen molar-refractivity contribution >= 4 is 5.91 Å². The SMILES string of the molecule is CCN(Cc1ccc(OCc2ccccc2)cc1)C(=O)COc1cccc(C#N)c1. The van der Waals surface area contributed by atoms with Crippen LogP contribution in [-0.2, 0) is 17.9 Å². The molecule has 0 aliphatic carbocycles. The zero-order valence-corrected chi connectivity index (χ0v) is 17.0. The molecule has 0 unspecified atom stereocenters. The monoisotopic (exact) mass is 400 g/mol. The number of likely N-dealkylation sites (N-methyl/N-ethyl adjacent to an activating group) is 1. The van der Waals surface area contributed by atoms with Gasteiger partial charge in [0.1, 0.15) is 18.1 Å². The number of nitrogens with zero attached hydrogens (tertiary/aromatic N) is 2. The molecule has 3 aromatic rings. The van der Waals surface area contributed by atoms with Gasteiger partial charge in [-0.1, -0.05) is 48.5 Å².